The number of hydrogen-bond acceptors (Lipinski definition) is 8. The van der Waals surface area contributed by atoms with Crippen LogP contribution in [-0.2, 0) is 16.1 Å². The Kier molecular flexibility index (Phi) is 7.39. The molecule has 0 amide bonds. The van der Waals surface area contributed by atoms with Gasteiger partial charge in [-0.3, -0.25) is 20.2 Å². The van der Waals surface area contributed by atoms with Crippen LogP contribution in [0.15, 0.2) is 71.4 Å². The molecule has 12 heteroatoms. The topological polar surface area (TPSA) is 134 Å². The molecule has 0 atom stereocenters. The van der Waals surface area contributed by atoms with Crippen LogP contribution in [-0.4, -0.2) is 21.7 Å². The zero-order chi connectivity index (χ0) is 25.1. The summed E-state index contributed by atoms with van der Waals surface area (Å²) >= 11 is 4.25. The molecular weight excluding hydrogens is 684 g/mol. The number of carbonyl (C=O) groups is 1. The standard InChI is InChI=1S/C23H13I2N3O7/c24-18-9-14(10-19(25)21(18)34-12-13-1-5-16(6-2-13)27(30)31)11-20-23(29)35-22(26-20)15-3-7-17(8-4-15)28(32)33/h1-11H,12H2/b20-11-. The average molecular weight is 697 g/mol. The number of esters is 1. The Balaban J connectivity index is 1.51. The van der Waals surface area contributed by atoms with Crippen molar-refractivity contribution < 1.29 is 24.1 Å². The Hall–Kier alpha value is -3.40. The first-order chi connectivity index (χ1) is 16.7. The van der Waals surface area contributed by atoms with Crippen LogP contribution in [0.5, 0.6) is 5.75 Å². The third kappa shape index (κ3) is 5.82. The lowest BCUT2D eigenvalue weighted by Crippen LogP contribution is -2.05. The highest BCUT2D eigenvalue weighted by molar-refractivity contribution is 14.1. The molecule has 4 rings (SSSR count). The van der Waals surface area contributed by atoms with E-state index >= 15 is 0 Å². The van der Waals surface area contributed by atoms with Gasteiger partial charge < -0.3 is 9.47 Å². The van der Waals surface area contributed by atoms with Gasteiger partial charge in [0.2, 0.25) is 5.90 Å². The van der Waals surface area contributed by atoms with E-state index in [0.717, 1.165) is 12.7 Å². The Bertz CT molecular complexity index is 1380. The normalized spacial score (nSPS) is 13.9. The van der Waals surface area contributed by atoms with Gasteiger partial charge >= 0.3 is 5.97 Å². The molecule has 0 bridgehead atoms. The number of non-ortho nitro benzene ring substituents is 2. The molecule has 1 aliphatic heterocycles. The maximum atomic E-state index is 12.3. The lowest BCUT2D eigenvalue weighted by atomic mass is 10.2. The van der Waals surface area contributed by atoms with E-state index in [4.69, 9.17) is 9.47 Å². The summed E-state index contributed by atoms with van der Waals surface area (Å²) in [5.41, 5.74) is 1.99. The number of rotatable bonds is 7. The summed E-state index contributed by atoms with van der Waals surface area (Å²) in [4.78, 5) is 37.2. The van der Waals surface area contributed by atoms with E-state index in [9.17, 15) is 25.0 Å². The molecule has 0 unspecified atom stereocenters. The summed E-state index contributed by atoms with van der Waals surface area (Å²) in [5.74, 6) is 0.0984. The lowest BCUT2D eigenvalue weighted by Gasteiger charge is -2.11. The molecule has 3 aromatic rings. The first kappa shape index (κ1) is 24.7. The molecule has 0 fully saturated rings. The van der Waals surface area contributed by atoms with Crippen molar-refractivity contribution in [3.63, 3.8) is 0 Å². The first-order valence-corrected chi connectivity index (χ1v) is 12.0. The maximum absolute atomic E-state index is 12.3. The number of ether oxygens (including phenoxy) is 2. The molecule has 1 aliphatic rings. The summed E-state index contributed by atoms with van der Waals surface area (Å²) in [6.45, 7) is 0.236. The molecule has 0 spiro atoms. The van der Waals surface area contributed by atoms with Gasteiger partial charge in [-0.25, -0.2) is 9.79 Å². The fourth-order valence-corrected chi connectivity index (χ4v) is 5.21. The quantitative estimate of drug-likeness (QED) is 0.103. The van der Waals surface area contributed by atoms with Gasteiger partial charge in [-0.05, 0) is 98.8 Å². The van der Waals surface area contributed by atoms with Gasteiger partial charge in [-0.15, -0.1) is 0 Å². The van der Waals surface area contributed by atoms with Crippen LogP contribution in [0.2, 0.25) is 0 Å². The van der Waals surface area contributed by atoms with E-state index in [1.54, 1.807) is 18.2 Å². The highest BCUT2D eigenvalue weighted by Crippen LogP contribution is 2.31. The van der Waals surface area contributed by atoms with E-state index in [-0.39, 0.29) is 29.6 Å². The number of nitro benzene ring substituents is 2. The monoisotopic (exact) mass is 697 g/mol. The molecule has 1 heterocycles. The molecule has 0 aliphatic carbocycles. The van der Waals surface area contributed by atoms with E-state index < -0.39 is 15.8 Å². The van der Waals surface area contributed by atoms with Crippen LogP contribution < -0.4 is 4.74 Å². The second kappa shape index (κ2) is 10.5. The van der Waals surface area contributed by atoms with Gasteiger partial charge in [0, 0.05) is 29.8 Å². The number of cyclic esters (lactones) is 1. The SMILES string of the molecule is O=C1OC(c2ccc([N+](=O)[O-])cc2)=N/C1=C\c1cc(I)c(OCc2ccc([N+](=O)[O-])cc2)c(I)c1. The molecule has 176 valence electrons. The van der Waals surface area contributed by atoms with Gasteiger partial charge in [0.25, 0.3) is 11.4 Å². The molecular formula is C23H13I2N3O7. The summed E-state index contributed by atoms with van der Waals surface area (Å²) in [5, 5.41) is 21.6. The zero-order valence-electron chi connectivity index (χ0n) is 17.5. The summed E-state index contributed by atoms with van der Waals surface area (Å²) < 4.78 is 12.8. The third-order valence-corrected chi connectivity index (χ3v) is 6.40. The van der Waals surface area contributed by atoms with Gasteiger partial charge in [0.15, 0.2) is 5.70 Å². The lowest BCUT2D eigenvalue weighted by molar-refractivity contribution is -0.385. The molecule has 0 N–H and O–H groups in total. The van der Waals surface area contributed by atoms with Crippen LogP contribution in [0.1, 0.15) is 16.7 Å². The van der Waals surface area contributed by atoms with Crippen LogP contribution in [0.3, 0.4) is 0 Å². The van der Waals surface area contributed by atoms with Crippen molar-refractivity contribution >= 4 is 74.5 Å². The van der Waals surface area contributed by atoms with E-state index in [1.165, 1.54) is 36.4 Å². The van der Waals surface area contributed by atoms with Gasteiger partial charge in [0.05, 0.1) is 17.0 Å². The van der Waals surface area contributed by atoms with E-state index in [0.29, 0.717) is 16.9 Å². The number of nitro groups is 2. The largest absolute Gasteiger partial charge is 0.487 e. The molecule has 10 nitrogen and oxygen atoms in total. The zero-order valence-corrected chi connectivity index (χ0v) is 21.8. The van der Waals surface area contributed by atoms with Crippen LogP contribution in [0.25, 0.3) is 6.08 Å². The highest BCUT2D eigenvalue weighted by Gasteiger charge is 2.25. The Morgan fingerprint density at radius 2 is 1.46 bits per heavy atom. The second-order valence-electron chi connectivity index (χ2n) is 7.17. The Morgan fingerprint density at radius 1 is 0.914 bits per heavy atom. The molecule has 0 saturated carbocycles. The van der Waals surface area contributed by atoms with Crippen molar-refractivity contribution in [1.29, 1.82) is 0 Å². The number of benzene rings is 3. The van der Waals surface area contributed by atoms with Crippen LogP contribution in [0.4, 0.5) is 11.4 Å². The predicted octanol–water partition coefficient (Wildman–Crippen LogP) is 5.64. The van der Waals surface area contributed by atoms with Crippen molar-refractivity contribution in [2.24, 2.45) is 4.99 Å². The van der Waals surface area contributed by atoms with Crippen molar-refractivity contribution in [2.75, 3.05) is 0 Å². The second-order valence-corrected chi connectivity index (χ2v) is 9.49. The number of aliphatic imine (C=N–C) groups is 1. The molecule has 0 aromatic heterocycles. The Labute approximate surface area is 225 Å². The fraction of sp³-hybridized carbons (Fsp3) is 0.0435. The first-order valence-electron chi connectivity index (χ1n) is 9.84. The van der Waals surface area contributed by atoms with Crippen LogP contribution >= 0.6 is 45.2 Å². The number of nitrogens with zero attached hydrogens (tertiary/aromatic N) is 3. The molecule has 0 saturated heterocycles. The van der Waals surface area contributed by atoms with Gasteiger partial charge in [-0.2, -0.15) is 0 Å². The summed E-state index contributed by atoms with van der Waals surface area (Å²) in [6.07, 6.45) is 1.59. The number of halogens is 2. The van der Waals surface area contributed by atoms with E-state index in [2.05, 4.69) is 50.2 Å². The number of hydrogen-bond donors (Lipinski definition) is 0. The minimum absolute atomic E-state index is 0.0140. The number of carbonyl (C=O) groups excluding carboxylic acids is 1. The predicted molar refractivity (Wildman–Crippen MR) is 143 cm³/mol. The van der Waals surface area contributed by atoms with E-state index in [1.807, 2.05) is 12.1 Å². The fourth-order valence-electron chi connectivity index (χ4n) is 3.09. The molecule has 35 heavy (non-hydrogen) atoms. The smallest absolute Gasteiger partial charge is 0.363 e. The Morgan fingerprint density at radius 3 is 2.00 bits per heavy atom. The molecule has 3 aromatic carbocycles. The minimum Gasteiger partial charge on any atom is -0.487 e. The third-order valence-electron chi connectivity index (χ3n) is 4.80. The average Bonchev–Trinajstić information content (AvgIpc) is 3.19. The van der Waals surface area contributed by atoms with Crippen LogP contribution in [0, 0.1) is 27.4 Å². The summed E-state index contributed by atoms with van der Waals surface area (Å²) in [6, 6.07) is 15.4. The van der Waals surface area contributed by atoms with Gasteiger partial charge in [0.1, 0.15) is 12.4 Å². The maximum Gasteiger partial charge on any atom is 0.363 e. The summed E-state index contributed by atoms with van der Waals surface area (Å²) in [7, 11) is 0. The molecule has 0 radical (unpaired) electrons. The van der Waals surface area contributed by atoms with Crippen molar-refractivity contribution in [2.45, 2.75) is 6.61 Å². The minimum atomic E-state index is -0.623. The van der Waals surface area contributed by atoms with Crippen molar-refractivity contribution in [3.05, 3.63) is 110 Å². The van der Waals surface area contributed by atoms with Crippen molar-refractivity contribution in [1.82, 2.24) is 0 Å². The highest BCUT2D eigenvalue weighted by atomic mass is 127. The van der Waals surface area contributed by atoms with Crippen molar-refractivity contribution in [3.8, 4) is 5.75 Å². The van der Waals surface area contributed by atoms with Gasteiger partial charge in [-0.1, -0.05) is 0 Å².